The lowest BCUT2D eigenvalue weighted by Gasteiger charge is -2.34. The Morgan fingerprint density at radius 1 is 1.67 bits per heavy atom. The number of rotatable bonds is 1. The van der Waals surface area contributed by atoms with Crippen LogP contribution in [0.3, 0.4) is 0 Å². The van der Waals surface area contributed by atoms with Gasteiger partial charge in [-0.25, -0.2) is 0 Å². The van der Waals surface area contributed by atoms with Gasteiger partial charge in [0.1, 0.15) is 0 Å². The molecule has 0 aromatic heterocycles. The van der Waals surface area contributed by atoms with Gasteiger partial charge in [0.15, 0.2) is 0 Å². The Hall–Kier alpha value is -0.465. The van der Waals surface area contributed by atoms with Crippen molar-refractivity contribution in [3.05, 3.63) is 0 Å². The molecule has 0 bridgehead atoms. The molecule has 1 aliphatic carbocycles. The quantitative estimate of drug-likeness (QED) is 0.497. The number of hydrogen-bond acceptors (Lipinski definition) is 1. The Balaban J connectivity index is 2.21. The van der Waals surface area contributed by atoms with Crippen LogP contribution in [-0.2, 0) is 4.79 Å². The lowest BCUT2D eigenvalue weighted by Crippen LogP contribution is -2.42. The maximum atomic E-state index is 10.4. The second-order valence-corrected chi connectivity index (χ2v) is 2.55. The minimum atomic E-state index is 0.0233. The summed E-state index contributed by atoms with van der Waals surface area (Å²) in [6, 6.07) is 0.252. The summed E-state index contributed by atoms with van der Waals surface area (Å²) in [7, 11) is 5.56. The molecule has 0 aromatic carbocycles. The second kappa shape index (κ2) is 2.42. The summed E-state index contributed by atoms with van der Waals surface area (Å²) in [5.74, 6) is 0.226. The Morgan fingerprint density at radius 3 is 2.44 bits per heavy atom. The Labute approximate surface area is 56.4 Å². The molecule has 9 heavy (non-hydrogen) atoms. The number of hydrogen-bond donors (Lipinski definition) is 1. The van der Waals surface area contributed by atoms with E-state index < -0.39 is 0 Å². The number of nitrogens with one attached hydrogen (secondary N) is 1. The number of carbonyl (C=O) groups excluding carboxylic acids is 1. The summed E-state index contributed by atoms with van der Waals surface area (Å²) in [6.07, 6.45) is 2.09. The molecule has 1 aliphatic rings. The summed E-state index contributed by atoms with van der Waals surface area (Å²) in [5, 5.41) is 2.77. The van der Waals surface area contributed by atoms with Crippen LogP contribution in [0, 0.1) is 0 Å². The van der Waals surface area contributed by atoms with Crippen molar-refractivity contribution in [2.45, 2.75) is 31.6 Å². The smallest absolute Gasteiger partial charge is 0.217 e. The third-order valence-corrected chi connectivity index (χ3v) is 1.72. The van der Waals surface area contributed by atoms with Crippen molar-refractivity contribution in [2.75, 3.05) is 0 Å². The zero-order valence-corrected chi connectivity index (χ0v) is 5.55. The fourth-order valence-corrected chi connectivity index (χ4v) is 0.966. The average molecular weight is 123 g/mol. The first-order valence-corrected chi connectivity index (χ1v) is 3.23. The van der Waals surface area contributed by atoms with Gasteiger partial charge in [0.2, 0.25) is 5.91 Å². The largest absolute Gasteiger partial charge is 0.354 e. The van der Waals surface area contributed by atoms with Gasteiger partial charge < -0.3 is 5.32 Å². The van der Waals surface area contributed by atoms with Crippen LogP contribution in [0.5, 0.6) is 0 Å². The molecule has 0 saturated heterocycles. The van der Waals surface area contributed by atoms with Gasteiger partial charge in [-0.3, -0.25) is 4.79 Å². The topological polar surface area (TPSA) is 29.1 Å². The van der Waals surface area contributed by atoms with Gasteiger partial charge in [0, 0.05) is 13.0 Å². The molecule has 2 nitrogen and oxygen atoms in total. The van der Waals surface area contributed by atoms with E-state index in [1.807, 2.05) is 0 Å². The van der Waals surface area contributed by atoms with Crippen molar-refractivity contribution in [1.82, 2.24) is 5.32 Å². The third-order valence-electron chi connectivity index (χ3n) is 1.72. The van der Waals surface area contributed by atoms with Crippen LogP contribution in [0.4, 0.5) is 0 Å². The van der Waals surface area contributed by atoms with Crippen LogP contribution >= 0.6 is 0 Å². The van der Waals surface area contributed by atoms with Crippen LogP contribution < -0.4 is 5.32 Å². The fourth-order valence-electron chi connectivity index (χ4n) is 0.966. The van der Waals surface area contributed by atoms with Gasteiger partial charge in [-0.2, -0.15) is 0 Å². The van der Waals surface area contributed by atoms with Gasteiger partial charge in [-0.05, 0) is 6.42 Å². The van der Waals surface area contributed by atoms with Crippen molar-refractivity contribution >= 4 is 13.8 Å². The molecule has 0 aliphatic heterocycles. The van der Waals surface area contributed by atoms with E-state index in [9.17, 15) is 4.79 Å². The van der Waals surface area contributed by atoms with Crippen LogP contribution in [-0.4, -0.2) is 19.8 Å². The standard InChI is InChI=1S/C6H10BNO/c1-4(9)8-6-3-2-5(6)7/h5-6H,2-3H2,1H3,(H,8,9)/t5-,6+/m1/s1. The number of amides is 1. The van der Waals surface area contributed by atoms with E-state index in [1.165, 1.54) is 6.92 Å². The maximum absolute atomic E-state index is 10.4. The SMILES string of the molecule is [B][C@@H]1CC[C@@H]1NC(C)=O. The van der Waals surface area contributed by atoms with E-state index in [0.29, 0.717) is 0 Å². The molecule has 0 unspecified atom stereocenters. The van der Waals surface area contributed by atoms with Gasteiger partial charge in [0.25, 0.3) is 0 Å². The zero-order chi connectivity index (χ0) is 6.85. The predicted octanol–water partition coefficient (Wildman–Crippen LogP) is 0.242. The molecule has 1 rings (SSSR count). The van der Waals surface area contributed by atoms with Gasteiger partial charge in [-0.1, -0.05) is 12.2 Å². The highest BCUT2D eigenvalue weighted by Crippen LogP contribution is 2.29. The normalized spacial score (nSPS) is 33.0. The summed E-state index contributed by atoms with van der Waals surface area (Å²) in [5.41, 5.74) is 0. The van der Waals surface area contributed by atoms with Gasteiger partial charge in [0.05, 0.1) is 7.85 Å². The maximum Gasteiger partial charge on any atom is 0.217 e. The third kappa shape index (κ3) is 1.47. The second-order valence-electron chi connectivity index (χ2n) is 2.55. The molecular formula is C6H10BNO. The van der Waals surface area contributed by atoms with E-state index >= 15 is 0 Å². The van der Waals surface area contributed by atoms with Gasteiger partial charge in [-0.15, -0.1) is 0 Å². The minimum Gasteiger partial charge on any atom is -0.354 e. The first-order valence-electron chi connectivity index (χ1n) is 3.23. The molecule has 48 valence electrons. The molecule has 0 aromatic rings. The van der Waals surface area contributed by atoms with Crippen LogP contribution in [0.1, 0.15) is 19.8 Å². The fraction of sp³-hybridized carbons (Fsp3) is 0.833. The molecular weight excluding hydrogens is 113 g/mol. The highest BCUT2D eigenvalue weighted by Gasteiger charge is 2.26. The average Bonchev–Trinajstić information content (AvgIpc) is 1.79. The molecule has 0 heterocycles. The van der Waals surface area contributed by atoms with Crippen LogP contribution in [0.15, 0.2) is 0 Å². The molecule has 1 N–H and O–H groups in total. The predicted molar refractivity (Wildman–Crippen MR) is 36.3 cm³/mol. The minimum absolute atomic E-state index is 0.0233. The molecule has 0 spiro atoms. The van der Waals surface area contributed by atoms with Crippen molar-refractivity contribution in [3.63, 3.8) is 0 Å². The summed E-state index contributed by atoms with van der Waals surface area (Å²) in [4.78, 5) is 10.4. The molecule has 1 fully saturated rings. The van der Waals surface area contributed by atoms with E-state index in [0.717, 1.165) is 12.8 Å². The van der Waals surface area contributed by atoms with Crippen molar-refractivity contribution in [2.24, 2.45) is 0 Å². The Morgan fingerprint density at radius 2 is 2.33 bits per heavy atom. The number of carbonyl (C=O) groups is 1. The van der Waals surface area contributed by atoms with Crippen molar-refractivity contribution < 1.29 is 4.79 Å². The molecule has 2 atom stereocenters. The Bertz CT molecular complexity index is 126. The van der Waals surface area contributed by atoms with E-state index in [2.05, 4.69) is 5.32 Å². The first-order chi connectivity index (χ1) is 4.20. The van der Waals surface area contributed by atoms with E-state index in [1.54, 1.807) is 0 Å². The molecule has 3 heteroatoms. The van der Waals surface area contributed by atoms with Crippen LogP contribution in [0.2, 0.25) is 5.82 Å². The molecule has 1 amide bonds. The van der Waals surface area contributed by atoms with Crippen LogP contribution in [0.25, 0.3) is 0 Å². The van der Waals surface area contributed by atoms with Gasteiger partial charge >= 0.3 is 0 Å². The lowest BCUT2D eigenvalue weighted by atomic mass is 9.67. The first kappa shape index (κ1) is 6.65. The summed E-state index contributed by atoms with van der Waals surface area (Å²) in [6.45, 7) is 1.52. The van der Waals surface area contributed by atoms with E-state index in [-0.39, 0.29) is 17.8 Å². The van der Waals surface area contributed by atoms with E-state index in [4.69, 9.17) is 7.85 Å². The highest BCUT2D eigenvalue weighted by atomic mass is 16.1. The Kier molecular flexibility index (Phi) is 1.79. The van der Waals surface area contributed by atoms with Crippen molar-refractivity contribution in [1.29, 1.82) is 0 Å². The zero-order valence-electron chi connectivity index (χ0n) is 5.55. The lowest BCUT2D eigenvalue weighted by molar-refractivity contribution is -0.120. The molecule has 2 radical (unpaired) electrons. The monoisotopic (exact) mass is 123 g/mol. The summed E-state index contributed by atoms with van der Waals surface area (Å²) < 4.78 is 0. The van der Waals surface area contributed by atoms with Crippen molar-refractivity contribution in [3.8, 4) is 0 Å². The summed E-state index contributed by atoms with van der Waals surface area (Å²) >= 11 is 0. The molecule has 1 saturated carbocycles. The highest BCUT2D eigenvalue weighted by molar-refractivity contribution is 6.13.